The van der Waals surface area contributed by atoms with Crippen molar-refractivity contribution in [3.63, 3.8) is 0 Å². The van der Waals surface area contributed by atoms with Crippen molar-refractivity contribution >= 4 is 29.0 Å². The van der Waals surface area contributed by atoms with Crippen LogP contribution in [0.3, 0.4) is 0 Å². The molecule has 1 N–H and O–H groups in total. The van der Waals surface area contributed by atoms with E-state index in [4.69, 9.17) is 0 Å². The Hall–Kier alpha value is -3.18. The van der Waals surface area contributed by atoms with Crippen LogP contribution in [-0.4, -0.2) is 36.3 Å². The molecule has 0 saturated carbocycles. The van der Waals surface area contributed by atoms with E-state index >= 15 is 0 Å². The molecule has 0 aliphatic carbocycles. The highest BCUT2D eigenvalue weighted by Gasteiger charge is 2.16. The number of nitrogens with zero attached hydrogens (tertiary/aromatic N) is 6. The van der Waals surface area contributed by atoms with Crippen molar-refractivity contribution in [2.45, 2.75) is 31.3 Å². The second-order valence-corrected chi connectivity index (χ2v) is 8.72. The zero-order valence-electron chi connectivity index (χ0n) is 16.7. The number of nitrogens with one attached hydrogen (secondary N) is 1. The lowest BCUT2D eigenvalue weighted by Gasteiger charge is -2.10. The summed E-state index contributed by atoms with van der Waals surface area (Å²) in [6, 6.07) is 12.0. The molecule has 0 saturated heterocycles. The largest absolute Gasteiger partial charge is 0.346 e. The lowest BCUT2D eigenvalue weighted by atomic mass is 10.1. The predicted octanol–water partition coefficient (Wildman–Crippen LogP) is 3.49. The molecule has 4 rings (SSSR count). The van der Waals surface area contributed by atoms with Gasteiger partial charge in [-0.05, 0) is 53.1 Å². The third kappa shape index (κ3) is 4.94. The number of aromatic nitrogens is 6. The normalized spacial score (nSPS) is 10.9. The number of aryl methyl sites for hydroxylation is 2. The fourth-order valence-corrected chi connectivity index (χ4v) is 4.56. The highest BCUT2D eigenvalue weighted by molar-refractivity contribution is 7.98. The van der Waals surface area contributed by atoms with Crippen LogP contribution in [0.4, 0.5) is 4.39 Å². The van der Waals surface area contributed by atoms with Gasteiger partial charge in [-0.2, -0.15) is 4.68 Å². The van der Waals surface area contributed by atoms with Crippen LogP contribution in [0.5, 0.6) is 0 Å². The average molecular weight is 456 g/mol. The Morgan fingerprint density at radius 1 is 1.10 bits per heavy atom. The van der Waals surface area contributed by atoms with E-state index in [-0.39, 0.29) is 23.3 Å². The third-order valence-corrected chi connectivity index (χ3v) is 6.48. The number of hydrogen-bond acceptors (Lipinski definition) is 8. The number of benzene rings is 2. The van der Waals surface area contributed by atoms with Crippen molar-refractivity contribution in [2.24, 2.45) is 0 Å². The van der Waals surface area contributed by atoms with Gasteiger partial charge in [0.05, 0.1) is 11.4 Å². The summed E-state index contributed by atoms with van der Waals surface area (Å²) in [5.74, 6) is -0.155. The van der Waals surface area contributed by atoms with Crippen molar-refractivity contribution in [3.05, 3.63) is 75.0 Å². The van der Waals surface area contributed by atoms with Crippen LogP contribution in [0.25, 0.3) is 5.69 Å². The molecule has 31 heavy (non-hydrogen) atoms. The quantitative estimate of drug-likeness (QED) is 0.426. The average Bonchev–Trinajstić information content (AvgIpc) is 3.41. The minimum absolute atomic E-state index is 0.270. The number of para-hydroxylation sites is 1. The molecule has 2 aromatic heterocycles. The molecular formula is C20H18FN7OS2. The second-order valence-electron chi connectivity index (χ2n) is 6.71. The number of thioether (sulfide) groups is 1. The molecule has 0 radical (unpaired) electrons. The molecule has 158 valence electrons. The fourth-order valence-electron chi connectivity index (χ4n) is 2.94. The molecule has 0 fully saturated rings. The molecule has 0 aliphatic heterocycles. The smallest absolute Gasteiger partial charge is 0.282 e. The first kappa shape index (κ1) is 21.1. The molecule has 1 amide bonds. The molecule has 0 bridgehead atoms. The van der Waals surface area contributed by atoms with Gasteiger partial charge in [0, 0.05) is 6.54 Å². The molecular weight excluding hydrogens is 437 g/mol. The number of rotatable bonds is 7. The van der Waals surface area contributed by atoms with Crippen LogP contribution in [0.1, 0.15) is 31.5 Å². The molecule has 4 aromatic rings. The Labute approximate surface area is 185 Å². The van der Waals surface area contributed by atoms with Crippen LogP contribution in [0, 0.1) is 19.7 Å². The maximum absolute atomic E-state index is 13.0. The molecule has 11 heteroatoms. The Morgan fingerprint density at radius 3 is 2.58 bits per heavy atom. The van der Waals surface area contributed by atoms with E-state index in [1.807, 2.05) is 32.0 Å². The summed E-state index contributed by atoms with van der Waals surface area (Å²) < 4.78 is 14.7. The van der Waals surface area contributed by atoms with Gasteiger partial charge in [0.25, 0.3) is 5.91 Å². The van der Waals surface area contributed by atoms with E-state index in [0.717, 1.165) is 22.4 Å². The first-order chi connectivity index (χ1) is 15.0. The molecule has 0 spiro atoms. The number of carbonyl (C=O) groups excluding carboxylic acids is 1. The summed E-state index contributed by atoms with van der Waals surface area (Å²) >= 11 is 2.64. The molecule has 0 aliphatic rings. The zero-order chi connectivity index (χ0) is 21.8. The van der Waals surface area contributed by atoms with Gasteiger partial charge in [0.1, 0.15) is 10.8 Å². The SMILES string of the molecule is Cc1cccc(C)c1-n1nnnc1SCc1nnc(C(=O)NCc2ccc(F)cc2)s1. The Bertz CT molecular complexity index is 1190. The van der Waals surface area contributed by atoms with Crippen molar-refractivity contribution in [1.82, 2.24) is 35.7 Å². The zero-order valence-corrected chi connectivity index (χ0v) is 18.4. The van der Waals surface area contributed by atoms with Gasteiger partial charge in [0.15, 0.2) is 0 Å². The summed E-state index contributed by atoms with van der Waals surface area (Å²) in [7, 11) is 0. The summed E-state index contributed by atoms with van der Waals surface area (Å²) in [5.41, 5.74) is 3.90. The first-order valence-corrected chi connectivity index (χ1v) is 11.1. The van der Waals surface area contributed by atoms with Crippen molar-refractivity contribution in [1.29, 1.82) is 0 Å². The Balaban J connectivity index is 1.38. The predicted molar refractivity (Wildman–Crippen MR) is 116 cm³/mol. The maximum Gasteiger partial charge on any atom is 0.282 e. The molecule has 0 unspecified atom stereocenters. The van der Waals surface area contributed by atoms with Crippen molar-refractivity contribution < 1.29 is 9.18 Å². The monoisotopic (exact) mass is 455 g/mol. The van der Waals surface area contributed by atoms with Gasteiger partial charge in [-0.3, -0.25) is 4.79 Å². The Morgan fingerprint density at radius 2 is 1.84 bits per heavy atom. The van der Waals surface area contributed by atoms with Gasteiger partial charge >= 0.3 is 0 Å². The highest BCUT2D eigenvalue weighted by Crippen LogP contribution is 2.26. The summed E-state index contributed by atoms with van der Waals surface area (Å²) in [5, 5.41) is 24.5. The fraction of sp³-hybridized carbons (Fsp3) is 0.200. The lowest BCUT2D eigenvalue weighted by Crippen LogP contribution is -2.22. The summed E-state index contributed by atoms with van der Waals surface area (Å²) in [4.78, 5) is 12.3. The summed E-state index contributed by atoms with van der Waals surface area (Å²) in [6.45, 7) is 4.31. The van der Waals surface area contributed by atoms with E-state index in [1.54, 1.807) is 16.8 Å². The lowest BCUT2D eigenvalue weighted by molar-refractivity contribution is 0.0950. The van der Waals surface area contributed by atoms with Crippen LogP contribution >= 0.6 is 23.1 Å². The third-order valence-electron chi connectivity index (χ3n) is 4.44. The van der Waals surface area contributed by atoms with E-state index in [0.29, 0.717) is 15.9 Å². The van der Waals surface area contributed by atoms with E-state index in [2.05, 4.69) is 31.0 Å². The van der Waals surface area contributed by atoms with E-state index < -0.39 is 0 Å². The number of amides is 1. The second kappa shape index (κ2) is 9.31. The minimum atomic E-state index is -0.321. The maximum atomic E-state index is 13.0. The van der Waals surface area contributed by atoms with Crippen LogP contribution in [0.15, 0.2) is 47.6 Å². The topological polar surface area (TPSA) is 98.5 Å². The summed E-state index contributed by atoms with van der Waals surface area (Å²) in [6.07, 6.45) is 0. The van der Waals surface area contributed by atoms with Crippen molar-refractivity contribution in [2.75, 3.05) is 0 Å². The van der Waals surface area contributed by atoms with Gasteiger partial charge in [-0.1, -0.05) is 53.4 Å². The molecule has 2 aromatic carbocycles. The number of carbonyl (C=O) groups is 1. The number of hydrogen-bond donors (Lipinski definition) is 1. The van der Waals surface area contributed by atoms with E-state index in [1.165, 1.54) is 35.2 Å². The molecule has 8 nitrogen and oxygen atoms in total. The van der Waals surface area contributed by atoms with Crippen LogP contribution in [-0.2, 0) is 12.3 Å². The number of halogens is 1. The highest BCUT2D eigenvalue weighted by atomic mass is 32.2. The molecule has 0 atom stereocenters. The first-order valence-electron chi connectivity index (χ1n) is 9.34. The van der Waals surface area contributed by atoms with Crippen LogP contribution < -0.4 is 5.32 Å². The van der Waals surface area contributed by atoms with Crippen molar-refractivity contribution in [3.8, 4) is 5.69 Å². The van der Waals surface area contributed by atoms with Crippen LogP contribution in [0.2, 0.25) is 0 Å². The Kier molecular flexibility index (Phi) is 6.33. The van der Waals surface area contributed by atoms with Gasteiger partial charge in [-0.15, -0.1) is 15.3 Å². The van der Waals surface area contributed by atoms with E-state index in [9.17, 15) is 9.18 Å². The minimum Gasteiger partial charge on any atom is -0.346 e. The standard InChI is InChI=1S/C20H18FN7OS2/c1-12-4-3-5-13(2)17(12)28-20(25-26-27-28)30-11-16-23-24-19(31-16)18(29)22-10-14-6-8-15(21)9-7-14/h3-9H,10-11H2,1-2H3,(H,22,29). The van der Waals surface area contributed by atoms with Gasteiger partial charge in [-0.25, -0.2) is 4.39 Å². The van der Waals surface area contributed by atoms with Gasteiger partial charge in [0.2, 0.25) is 10.2 Å². The molecule has 2 heterocycles. The van der Waals surface area contributed by atoms with Gasteiger partial charge < -0.3 is 5.32 Å². The number of tetrazole rings is 1.